The number of hydrogen-bond acceptors (Lipinski definition) is 2. The Morgan fingerprint density at radius 2 is 1.77 bits per heavy atom. The van der Waals surface area contributed by atoms with Gasteiger partial charge in [0.15, 0.2) is 0 Å². The number of amides is 1. The molecule has 3 aromatic rings. The van der Waals surface area contributed by atoms with Crippen LogP contribution in [0.5, 0.6) is 0 Å². The summed E-state index contributed by atoms with van der Waals surface area (Å²) in [5, 5.41) is 4.66. The van der Waals surface area contributed by atoms with E-state index < -0.39 is 0 Å². The summed E-state index contributed by atoms with van der Waals surface area (Å²) in [6.07, 6.45) is 2.07. The molecule has 2 aromatic carbocycles. The number of likely N-dealkylation sites (tertiary alicyclic amines) is 1. The first-order valence-electron chi connectivity index (χ1n) is 8.84. The number of halogens is 1. The summed E-state index contributed by atoms with van der Waals surface area (Å²) in [5.41, 5.74) is 3.93. The van der Waals surface area contributed by atoms with Gasteiger partial charge in [-0.3, -0.25) is 4.79 Å². The fourth-order valence-electron chi connectivity index (χ4n) is 3.33. The van der Waals surface area contributed by atoms with Crippen LogP contribution in [0.3, 0.4) is 0 Å². The van der Waals surface area contributed by atoms with E-state index in [2.05, 4.69) is 5.10 Å². The van der Waals surface area contributed by atoms with E-state index in [1.807, 2.05) is 36.1 Å². The summed E-state index contributed by atoms with van der Waals surface area (Å²) in [5.74, 6) is -0.301. The number of benzene rings is 2. The Kier molecular flexibility index (Phi) is 4.29. The van der Waals surface area contributed by atoms with E-state index in [1.54, 1.807) is 22.9 Å². The SMILES string of the molecule is Cc1cccc(-n2nc(-c3ccc(F)cc3)cc2C(=O)N2CCCC2)c1. The third-order valence-electron chi connectivity index (χ3n) is 4.71. The van der Waals surface area contributed by atoms with Crippen molar-refractivity contribution in [3.8, 4) is 16.9 Å². The van der Waals surface area contributed by atoms with Crippen molar-refractivity contribution >= 4 is 5.91 Å². The molecule has 0 aliphatic carbocycles. The third-order valence-corrected chi connectivity index (χ3v) is 4.71. The molecule has 1 aromatic heterocycles. The summed E-state index contributed by atoms with van der Waals surface area (Å²) in [4.78, 5) is 14.9. The summed E-state index contributed by atoms with van der Waals surface area (Å²) < 4.78 is 14.9. The summed E-state index contributed by atoms with van der Waals surface area (Å²) >= 11 is 0. The van der Waals surface area contributed by atoms with E-state index in [4.69, 9.17) is 0 Å². The minimum atomic E-state index is -0.291. The molecule has 4 nitrogen and oxygen atoms in total. The van der Waals surface area contributed by atoms with Gasteiger partial charge in [0, 0.05) is 18.7 Å². The Labute approximate surface area is 151 Å². The Morgan fingerprint density at radius 3 is 2.46 bits per heavy atom. The Hall–Kier alpha value is -2.95. The lowest BCUT2D eigenvalue weighted by Crippen LogP contribution is -2.29. The van der Waals surface area contributed by atoms with Crippen molar-refractivity contribution in [2.45, 2.75) is 19.8 Å². The van der Waals surface area contributed by atoms with Gasteiger partial charge in [0.25, 0.3) is 5.91 Å². The van der Waals surface area contributed by atoms with Gasteiger partial charge in [-0.05, 0) is 67.8 Å². The van der Waals surface area contributed by atoms with E-state index in [9.17, 15) is 9.18 Å². The normalized spacial score (nSPS) is 14.0. The zero-order chi connectivity index (χ0) is 18.1. The molecule has 0 bridgehead atoms. The maximum absolute atomic E-state index is 13.2. The highest BCUT2D eigenvalue weighted by Gasteiger charge is 2.25. The van der Waals surface area contributed by atoms with Crippen molar-refractivity contribution in [2.24, 2.45) is 0 Å². The zero-order valence-corrected chi connectivity index (χ0v) is 14.7. The maximum Gasteiger partial charge on any atom is 0.272 e. The molecule has 1 aliphatic heterocycles. The second-order valence-electron chi connectivity index (χ2n) is 6.67. The van der Waals surface area contributed by atoms with Gasteiger partial charge in [-0.15, -0.1) is 0 Å². The average Bonchev–Trinajstić information content (AvgIpc) is 3.32. The van der Waals surface area contributed by atoms with Crippen molar-refractivity contribution in [1.82, 2.24) is 14.7 Å². The number of hydrogen-bond donors (Lipinski definition) is 0. The second-order valence-corrected chi connectivity index (χ2v) is 6.67. The molecule has 0 spiro atoms. The van der Waals surface area contributed by atoms with Crippen LogP contribution in [0, 0.1) is 12.7 Å². The van der Waals surface area contributed by atoms with E-state index in [-0.39, 0.29) is 11.7 Å². The lowest BCUT2D eigenvalue weighted by atomic mass is 10.1. The molecule has 0 unspecified atom stereocenters. The first-order chi connectivity index (χ1) is 12.6. The lowest BCUT2D eigenvalue weighted by Gasteiger charge is -2.16. The van der Waals surface area contributed by atoms with Gasteiger partial charge >= 0.3 is 0 Å². The van der Waals surface area contributed by atoms with Gasteiger partial charge in [0.2, 0.25) is 0 Å². The second kappa shape index (κ2) is 6.75. The molecule has 2 heterocycles. The van der Waals surface area contributed by atoms with Crippen molar-refractivity contribution in [1.29, 1.82) is 0 Å². The summed E-state index contributed by atoms with van der Waals surface area (Å²) in [6, 6.07) is 15.9. The number of carbonyl (C=O) groups excluding carboxylic acids is 1. The molecule has 0 N–H and O–H groups in total. The van der Waals surface area contributed by atoms with Gasteiger partial charge in [0.1, 0.15) is 11.5 Å². The Balaban J connectivity index is 1.82. The molecule has 1 amide bonds. The van der Waals surface area contributed by atoms with Crippen molar-refractivity contribution in [2.75, 3.05) is 13.1 Å². The van der Waals surface area contributed by atoms with Crippen LogP contribution in [0.15, 0.2) is 54.6 Å². The van der Waals surface area contributed by atoms with Crippen LogP contribution in [0.25, 0.3) is 16.9 Å². The predicted molar refractivity (Wildman–Crippen MR) is 98.8 cm³/mol. The molecule has 4 rings (SSSR count). The van der Waals surface area contributed by atoms with Gasteiger partial charge in [-0.25, -0.2) is 9.07 Å². The highest BCUT2D eigenvalue weighted by atomic mass is 19.1. The van der Waals surface area contributed by atoms with Gasteiger partial charge in [-0.2, -0.15) is 5.10 Å². The first-order valence-corrected chi connectivity index (χ1v) is 8.84. The molecule has 1 aliphatic rings. The third kappa shape index (κ3) is 3.12. The van der Waals surface area contributed by atoms with Crippen LogP contribution in [0.4, 0.5) is 4.39 Å². The Morgan fingerprint density at radius 1 is 1.04 bits per heavy atom. The minimum Gasteiger partial charge on any atom is -0.337 e. The fraction of sp³-hybridized carbons (Fsp3) is 0.238. The van der Waals surface area contributed by atoms with Crippen molar-refractivity contribution in [3.05, 3.63) is 71.7 Å². The topological polar surface area (TPSA) is 38.1 Å². The van der Waals surface area contributed by atoms with Crippen LogP contribution < -0.4 is 0 Å². The molecular weight excluding hydrogens is 329 g/mol. The molecular formula is C21H20FN3O. The molecule has 132 valence electrons. The van der Waals surface area contributed by atoms with Crippen LogP contribution >= 0.6 is 0 Å². The maximum atomic E-state index is 13.2. The average molecular weight is 349 g/mol. The molecule has 5 heteroatoms. The minimum absolute atomic E-state index is 0.00938. The highest BCUT2D eigenvalue weighted by molar-refractivity contribution is 5.94. The smallest absolute Gasteiger partial charge is 0.272 e. The first kappa shape index (κ1) is 16.5. The molecule has 26 heavy (non-hydrogen) atoms. The highest BCUT2D eigenvalue weighted by Crippen LogP contribution is 2.24. The predicted octanol–water partition coefficient (Wildman–Crippen LogP) is 4.22. The molecule has 0 radical (unpaired) electrons. The van der Waals surface area contributed by atoms with Crippen LogP contribution in [0.1, 0.15) is 28.9 Å². The summed E-state index contributed by atoms with van der Waals surface area (Å²) in [7, 11) is 0. The van der Waals surface area contributed by atoms with Crippen LogP contribution in [-0.2, 0) is 0 Å². The van der Waals surface area contributed by atoms with Crippen molar-refractivity contribution < 1.29 is 9.18 Å². The number of carbonyl (C=O) groups is 1. The van der Waals surface area contributed by atoms with Crippen LogP contribution in [0.2, 0.25) is 0 Å². The number of rotatable bonds is 3. The summed E-state index contributed by atoms with van der Waals surface area (Å²) in [6.45, 7) is 3.57. The number of aromatic nitrogens is 2. The fourth-order valence-corrected chi connectivity index (χ4v) is 3.33. The van der Waals surface area contributed by atoms with E-state index in [0.717, 1.165) is 42.7 Å². The van der Waals surface area contributed by atoms with Crippen LogP contribution in [-0.4, -0.2) is 33.7 Å². The number of nitrogens with zero attached hydrogens (tertiary/aromatic N) is 3. The standard InChI is InChI=1S/C21H20FN3O/c1-15-5-4-6-18(13-15)25-20(21(26)24-11-2-3-12-24)14-19(23-25)16-7-9-17(22)10-8-16/h4-10,13-14H,2-3,11-12H2,1H3. The monoisotopic (exact) mass is 349 g/mol. The molecule has 0 atom stereocenters. The van der Waals surface area contributed by atoms with E-state index >= 15 is 0 Å². The molecule has 1 fully saturated rings. The zero-order valence-electron chi connectivity index (χ0n) is 14.7. The Bertz CT molecular complexity index is 940. The largest absolute Gasteiger partial charge is 0.337 e. The van der Waals surface area contributed by atoms with Crippen molar-refractivity contribution in [3.63, 3.8) is 0 Å². The van der Waals surface area contributed by atoms with E-state index in [0.29, 0.717) is 11.4 Å². The van der Waals surface area contributed by atoms with Gasteiger partial charge < -0.3 is 4.90 Å². The van der Waals surface area contributed by atoms with Gasteiger partial charge in [0.05, 0.1) is 11.4 Å². The molecule has 1 saturated heterocycles. The lowest BCUT2D eigenvalue weighted by molar-refractivity contribution is 0.0784. The number of aryl methyl sites for hydroxylation is 1. The quantitative estimate of drug-likeness (QED) is 0.710. The van der Waals surface area contributed by atoms with Gasteiger partial charge in [-0.1, -0.05) is 12.1 Å². The molecule has 0 saturated carbocycles. The van der Waals surface area contributed by atoms with E-state index in [1.165, 1.54) is 12.1 Å².